The molecule has 3 atom stereocenters. The van der Waals surface area contributed by atoms with Gasteiger partial charge in [-0.15, -0.1) is 6.58 Å². The Bertz CT molecular complexity index is 147. The van der Waals surface area contributed by atoms with Gasteiger partial charge in [0.25, 0.3) is 0 Å². The SMILES string of the molecule is C=CCCC(N)C1OCCC1C. The molecule has 3 unspecified atom stereocenters. The monoisotopic (exact) mass is 169 g/mol. The summed E-state index contributed by atoms with van der Waals surface area (Å²) in [6.45, 7) is 6.78. The van der Waals surface area contributed by atoms with Crippen molar-refractivity contribution in [2.45, 2.75) is 38.3 Å². The normalized spacial score (nSPS) is 31.8. The Labute approximate surface area is 74.8 Å². The third-order valence-corrected chi connectivity index (χ3v) is 2.57. The topological polar surface area (TPSA) is 35.2 Å². The largest absolute Gasteiger partial charge is 0.376 e. The molecule has 1 rings (SSSR count). The first-order chi connectivity index (χ1) is 5.75. The second-order valence-electron chi connectivity index (χ2n) is 3.63. The van der Waals surface area contributed by atoms with Crippen LogP contribution in [0.2, 0.25) is 0 Å². The average molecular weight is 169 g/mol. The van der Waals surface area contributed by atoms with Crippen LogP contribution in [-0.2, 0) is 4.74 Å². The maximum Gasteiger partial charge on any atom is 0.0752 e. The number of rotatable bonds is 4. The van der Waals surface area contributed by atoms with Crippen molar-refractivity contribution in [2.75, 3.05) is 6.61 Å². The summed E-state index contributed by atoms with van der Waals surface area (Å²) >= 11 is 0. The Morgan fingerprint density at radius 2 is 2.50 bits per heavy atom. The van der Waals surface area contributed by atoms with E-state index in [2.05, 4.69) is 13.5 Å². The fourth-order valence-electron chi connectivity index (χ4n) is 1.74. The molecule has 2 nitrogen and oxygen atoms in total. The highest BCUT2D eigenvalue weighted by atomic mass is 16.5. The van der Waals surface area contributed by atoms with Gasteiger partial charge >= 0.3 is 0 Å². The molecule has 0 bridgehead atoms. The van der Waals surface area contributed by atoms with Crippen LogP contribution >= 0.6 is 0 Å². The molecule has 0 saturated carbocycles. The van der Waals surface area contributed by atoms with Gasteiger partial charge in [0.05, 0.1) is 6.10 Å². The highest BCUT2D eigenvalue weighted by molar-refractivity contribution is 4.84. The van der Waals surface area contributed by atoms with Crippen molar-refractivity contribution >= 4 is 0 Å². The predicted molar refractivity (Wildman–Crippen MR) is 50.9 cm³/mol. The highest BCUT2D eigenvalue weighted by Crippen LogP contribution is 2.23. The molecule has 70 valence electrons. The van der Waals surface area contributed by atoms with E-state index in [0.29, 0.717) is 5.92 Å². The second kappa shape index (κ2) is 4.63. The van der Waals surface area contributed by atoms with E-state index in [4.69, 9.17) is 10.5 Å². The summed E-state index contributed by atoms with van der Waals surface area (Å²) in [5.41, 5.74) is 5.98. The second-order valence-corrected chi connectivity index (χ2v) is 3.63. The number of hydrogen-bond donors (Lipinski definition) is 1. The van der Waals surface area contributed by atoms with Gasteiger partial charge in [-0.2, -0.15) is 0 Å². The molecular formula is C10H19NO. The molecule has 1 aliphatic heterocycles. The van der Waals surface area contributed by atoms with Gasteiger partial charge in [0.1, 0.15) is 0 Å². The van der Waals surface area contributed by atoms with E-state index in [9.17, 15) is 0 Å². The van der Waals surface area contributed by atoms with Gasteiger partial charge in [0.15, 0.2) is 0 Å². The van der Waals surface area contributed by atoms with Gasteiger partial charge in [-0.05, 0) is 25.2 Å². The molecule has 0 aromatic rings. The minimum atomic E-state index is 0.195. The Morgan fingerprint density at radius 1 is 1.75 bits per heavy atom. The summed E-state index contributed by atoms with van der Waals surface area (Å²) in [6.07, 6.45) is 5.35. The van der Waals surface area contributed by atoms with Gasteiger partial charge in [0, 0.05) is 12.6 Å². The average Bonchev–Trinajstić information content (AvgIpc) is 2.47. The summed E-state index contributed by atoms with van der Waals surface area (Å²) in [4.78, 5) is 0. The molecule has 1 saturated heterocycles. The zero-order valence-corrected chi connectivity index (χ0v) is 7.83. The quantitative estimate of drug-likeness (QED) is 0.650. The minimum absolute atomic E-state index is 0.195. The minimum Gasteiger partial charge on any atom is -0.376 e. The van der Waals surface area contributed by atoms with Crippen molar-refractivity contribution in [3.05, 3.63) is 12.7 Å². The fourth-order valence-corrected chi connectivity index (χ4v) is 1.74. The predicted octanol–water partition coefficient (Wildman–Crippen LogP) is 1.70. The van der Waals surface area contributed by atoms with Crippen molar-refractivity contribution < 1.29 is 4.74 Å². The molecule has 0 amide bonds. The van der Waals surface area contributed by atoms with E-state index in [1.54, 1.807) is 0 Å². The number of ether oxygens (including phenoxy) is 1. The zero-order valence-electron chi connectivity index (χ0n) is 7.83. The first-order valence-corrected chi connectivity index (χ1v) is 4.73. The van der Waals surface area contributed by atoms with E-state index < -0.39 is 0 Å². The lowest BCUT2D eigenvalue weighted by atomic mass is 9.95. The molecule has 0 aliphatic carbocycles. The lowest BCUT2D eigenvalue weighted by Crippen LogP contribution is -2.37. The van der Waals surface area contributed by atoms with E-state index in [-0.39, 0.29) is 12.1 Å². The molecule has 0 radical (unpaired) electrons. The van der Waals surface area contributed by atoms with E-state index in [1.165, 1.54) is 0 Å². The van der Waals surface area contributed by atoms with Crippen LogP contribution in [0, 0.1) is 5.92 Å². The molecular weight excluding hydrogens is 150 g/mol. The standard InChI is InChI=1S/C10H19NO/c1-3-4-5-9(11)10-8(2)6-7-12-10/h3,8-10H,1,4-7,11H2,2H3. The van der Waals surface area contributed by atoms with Gasteiger partial charge in [-0.25, -0.2) is 0 Å². The lowest BCUT2D eigenvalue weighted by molar-refractivity contribution is 0.0705. The highest BCUT2D eigenvalue weighted by Gasteiger charge is 2.28. The summed E-state index contributed by atoms with van der Waals surface area (Å²) in [7, 11) is 0. The maximum absolute atomic E-state index is 5.98. The van der Waals surface area contributed by atoms with Crippen LogP contribution in [0.15, 0.2) is 12.7 Å². The van der Waals surface area contributed by atoms with Gasteiger partial charge < -0.3 is 10.5 Å². The number of nitrogens with two attached hydrogens (primary N) is 1. The van der Waals surface area contributed by atoms with E-state index in [1.807, 2.05) is 6.08 Å². The Morgan fingerprint density at radius 3 is 3.00 bits per heavy atom. The lowest BCUT2D eigenvalue weighted by Gasteiger charge is -2.21. The van der Waals surface area contributed by atoms with Crippen molar-refractivity contribution in [2.24, 2.45) is 11.7 Å². The molecule has 12 heavy (non-hydrogen) atoms. The van der Waals surface area contributed by atoms with E-state index >= 15 is 0 Å². The van der Waals surface area contributed by atoms with Crippen molar-refractivity contribution in [1.82, 2.24) is 0 Å². The third kappa shape index (κ3) is 2.32. The van der Waals surface area contributed by atoms with Crippen LogP contribution in [0.25, 0.3) is 0 Å². The summed E-state index contributed by atoms with van der Waals surface area (Å²) in [6, 6.07) is 0.195. The molecule has 2 heteroatoms. The molecule has 0 aromatic heterocycles. The van der Waals surface area contributed by atoms with Crippen LogP contribution in [0.4, 0.5) is 0 Å². The molecule has 1 fully saturated rings. The maximum atomic E-state index is 5.98. The van der Waals surface area contributed by atoms with E-state index in [0.717, 1.165) is 25.9 Å². The summed E-state index contributed by atoms with van der Waals surface area (Å²) in [5.74, 6) is 0.629. The summed E-state index contributed by atoms with van der Waals surface area (Å²) < 4.78 is 5.56. The van der Waals surface area contributed by atoms with Crippen molar-refractivity contribution in [3.8, 4) is 0 Å². The van der Waals surface area contributed by atoms with Crippen LogP contribution in [0.3, 0.4) is 0 Å². The Kier molecular flexibility index (Phi) is 3.76. The van der Waals surface area contributed by atoms with Crippen LogP contribution in [0.5, 0.6) is 0 Å². The number of allylic oxidation sites excluding steroid dienone is 1. The van der Waals surface area contributed by atoms with Crippen molar-refractivity contribution in [3.63, 3.8) is 0 Å². The van der Waals surface area contributed by atoms with Crippen molar-refractivity contribution in [1.29, 1.82) is 0 Å². The molecule has 2 N–H and O–H groups in total. The van der Waals surface area contributed by atoms with Gasteiger partial charge in [-0.3, -0.25) is 0 Å². The first kappa shape index (κ1) is 9.75. The summed E-state index contributed by atoms with van der Waals surface area (Å²) in [5, 5.41) is 0. The zero-order chi connectivity index (χ0) is 8.97. The van der Waals surface area contributed by atoms with Gasteiger partial charge in [-0.1, -0.05) is 13.0 Å². The number of hydrogen-bond acceptors (Lipinski definition) is 2. The van der Waals surface area contributed by atoms with Crippen LogP contribution < -0.4 is 5.73 Å². The Hall–Kier alpha value is -0.340. The molecule has 0 aromatic carbocycles. The van der Waals surface area contributed by atoms with Crippen LogP contribution in [0.1, 0.15) is 26.2 Å². The van der Waals surface area contributed by atoms with Gasteiger partial charge in [0.2, 0.25) is 0 Å². The Balaban J connectivity index is 2.29. The fraction of sp³-hybridized carbons (Fsp3) is 0.800. The smallest absolute Gasteiger partial charge is 0.0752 e. The molecule has 1 aliphatic rings. The first-order valence-electron chi connectivity index (χ1n) is 4.73. The molecule has 1 heterocycles. The van der Waals surface area contributed by atoms with Crippen LogP contribution in [-0.4, -0.2) is 18.8 Å². The third-order valence-electron chi connectivity index (χ3n) is 2.57. The molecule has 0 spiro atoms.